The van der Waals surface area contributed by atoms with E-state index in [-0.39, 0.29) is 5.56 Å². The zero-order chi connectivity index (χ0) is 17.8. The lowest BCUT2D eigenvalue weighted by molar-refractivity contribution is 0.102. The highest BCUT2D eigenvalue weighted by atomic mass is 35.5. The van der Waals surface area contributed by atoms with Gasteiger partial charge in [0.15, 0.2) is 0 Å². The highest BCUT2D eigenvalue weighted by Crippen LogP contribution is 2.27. The Hall–Kier alpha value is -3.12. The molecule has 0 aliphatic carbocycles. The van der Waals surface area contributed by atoms with E-state index in [2.05, 4.69) is 15.3 Å². The maximum Gasteiger partial charge on any atom is 0.264 e. The largest absolute Gasteiger partial charge is 0.495 e. The summed E-state index contributed by atoms with van der Waals surface area (Å²) in [6, 6.07) is 14.0. The summed E-state index contributed by atoms with van der Waals surface area (Å²) in [4.78, 5) is 31.4. The van der Waals surface area contributed by atoms with Crippen LogP contribution in [0.3, 0.4) is 0 Å². The molecule has 6 nitrogen and oxygen atoms in total. The maximum atomic E-state index is 12.4. The molecular weight excluding hydrogens is 342 g/mol. The molecule has 2 aromatic carbocycles. The highest BCUT2D eigenvalue weighted by Gasteiger charge is 2.15. The molecule has 0 bridgehead atoms. The molecule has 0 saturated carbocycles. The number of methoxy groups -OCH3 is 1. The first-order valence-electron chi connectivity index (χ1n) is 7.38. The Bertz CT molecular complexity index is 971. The molecule has 126 valence electrons. The molecule has 0 saturated heterocycles. The second-order valence-corrected chi connectivity index (χ2v) is 5.58. The molecule has 25 heavy (non-hydrogen) atoms. The molecule has 0 aliphatic heterocycles. The summed E-state index contributed by atoms with van der Waals surface area (Å²) in [6.45, 7) is 0. The molecule has 0 aliphatic rings. The van der Waals surface area contributed by atoms with E-state index >= 15 is 0 Å². The van der Waals surface area contributed by atoms with Crippen molar-refractivity contribution in [2.45, 2.75) is 0 Å². The maximum absolute atomic E-state index is 12.4. The monoisotopic (exact) mass is 355 g/mol. The third kappa shape index (κ3) is 3.70. The normalized spacial score (nSPS) is 10.3. The lowest BCUT2D eigenvalue weighted by Gasteiger charge is -2.10. The Morgan fingerprint density at radius 1 is 1.20 bits per heavy atom. The number of carbonyl (C=O) groups excluding carboxylic acids is 1. The third-order valence-corrected chi connectivity index (χ3v) is 3.74. The number of nitrogens with one attached hydrogen (secondary N) is 2. The zero-order valence-corrected chi connectivity index (χ0v) is 14.0. The van der Waals surface area contributed by atoms with E-state index in [4.69, 9.17) is 16.3 Å². The fourth-order valence-electron chi connectivity index (χ4n) is 2.27. The number of hydrogen-bond donors (Lipinski definition) is 2. The molecule has 1 aromatic heterocycles. The summed E-state index contributed by atoms with van der Waals surface area (Å²) in [5.41, 5.74) is 0.476. The number of ether oxygens (including phenoxy) is 1. The molecule has 0 spiro atoms. The summed E-state index contributed by atoms with van der Waals surface area (Å²) in [6.07, 6.45) is 1.24. The molecule has 7 heteroatoms. The SMILES string of the molecule is COc1ccc(Cl)cc1NC(=O)c1cnc(-c2ccccc2)[nH]c1=O. The summed E-state index contributed by atoms with van der Waals surface area (Å²) in [5.74, 6) is 0.222. The summed E-state index contributed by atoms with van der Waals surface area (Å²) >= 11 is 5.94. The Kier molecular flexibility index (Phi) is 4.81. The fraction of sp³-hybridized carbons (Fsp3) is 0.0556. The number of halogens is 1. The van der Waals surface area contributed by atoms with Crippen molar-refractivity contribution < 1.29 is 9.53 Å². The van der Waals surface area contributed by atoms with Gasteiger partial charge in [-0.15, -0.1) is 0 Å². The van der Waals surface area contributed by atoms with Gasteiger partial charge in [0.25, 0.3) is 11.5 Å². The number of benzene rings is 2. The number of nitrogens with zero attached hydrogens (tertiary/aromatic N) is 1. The van der Waals surface area contributed by atoms with Crippen LogP contribution in [0.4, 0.5) is 5.69 Å². The van der Waals surface area contributed by atoms with Crippen molar-refractivity contribution in [2.24, 2.45) is 0 Å². The number of carbonyl (C=O) groups is 1. The predicted molar refractivity (Wildman–Crippen MR) is 96.3 cm³/mol. The quantitative estimate of drug-likeness (QED) is 0.751. The van der Waals surface area contributed by atoms with Gasteiger partial charge in [-0.05, 0) is 18.2 Å². The Morgan fingerprint density at radius 3 is 2.64 bits per heavy atom. The van der Waals surface area contributed by atoms with Crippen molar-refractivity contribution in [2.75, 3.05) is 12.4 Å². The summed E-state index contributed by atoms with van der Waals surface area (Å²) in [5, 5.41) is 3.04. The number of amides is 1. The molecule has 1 heterocycles. The van der Waals surface area contributed by atoms with Crippen LogP contribution in [0, 0.1) is 0 Å². The molecule has 0 fully saturated rings. The van der Waals surface area contributed by atoms with Gasteiger partial charge < -0.3 is 15.0 Å². The minimum atomic E-state index is -0.603. The van der Waals surface area contributed by atoms with Gasteiger partial charge in [-0.2, -0.15) is 0 Å². The van der Waals surface area contributed by atoms with Crippen LogP contribution in [0.1, 0.15) is 10.4 Å². The van der Waals surface area contributed by atoms with Crippen LogP contribution in [0.2, 0.25) is 5.02 Å². The minimum absolute atomic E-state index is 0.110. The van der Waals surface area contributed by atoms with Gasteiger partial charge in [0.2, 0.25) is 0 Å². The van der Waals surface area contributed by atoms with Crippen molar-refractivity contribution in [3.05, 3.63) is 75.7 Å². The van der Waals surface area contributed by atoms with Crippen LogP contribution < -0.4 is 15.6 Å². The topological polar surface area (TPSA) is 84.1 Å². The van der Waals surface area contributed by atoms with Gasteiger partial charge in [0.1, 0.15) is 17.1 Å². The Morgan fingerprint density at radius 2 is 1.96 bits per heavy atom. The lowest BCUT2D eigenvalue weighted by atomic mass is 10.2. The van der Waals surface area contributed by atoms with Crippen molar-refractivity contribution in [1.82, 2.24) is 9.97 Å². The van der Waals surface area contributed by atoms with Crippen LogP contribution in [0.5, 0.6) is 5.75 Å². The van der Waals surface area contributed by atoms with E-state index in [1.165, 1.54) is 19.4 Å². The van der Waals surface area contributed by atoms with Crippen molar-refractivity contribution >= 4 is 23.2 Å². The molecule has 3 aromatic rings. The van der Waals surface area contributed by atoms with Crippen LogP contribution in [-0.2, 0) is 0 Å². The predicted octanol–water partition coefficient (Wildman–Crippen LogP) is 3.35. The number of rotatable bonds is 4. The summed E-state index contributed by atoms with van der Waals surface area (Å²) in [7, 11) is 1.47. The van der Waals surface area contributed by atoms with Gasteiger partial charge in [-0.1, -0.05) is 41.9 Å². The average molecular weight is 356 g/mol. The molecular formula is C18H14ClN3O3. The number of H-pyrrole nitrogens is 1. The van der Waals surface area contributed by atoms with Crippen molar-refractivity contribution in [3.63, 3.8) is 0 Å². The van der Waals surface area contributed by atoms with E-state index in [9.17, 15) is 9.59 Å². The van der Waals surface area contributed by atoms with E-state index in [1.807, 2.05) is 30.3 Å². The van der Waals surface area contributed by atoms with Crippen molar-refractivity contribution in [1.29, 1.82) is 0 Å². The zero-order valence-electron chi connectivity index (χ0n) is 13.2. The number of anilines is 1. The van der Waals surface area contributed by atoms with E-state index in [0.717, 1.165) is 5.56 Å². The third-order valence-electron chi connectivity index (χ3n) is 3.50. The van der Waals surface area contributed by atoms with Crippen LogP contribution in [0.15, 0.2) is 59.5 Å². The van der Waals surface area contributed by atoms with E-state index < -0.39 is 11.5 Å². The van der Waals surface area contributed by atoms with Gasteiger partial charge >= 0.3 is 0 Å². The van der Waals surface area contributed by atoms with Gasteiger partial charge in [0, 0.05) is 16.8 Å². The standard InChI is InChI=1S/C18H14ClN3O3/c1-25-15-8-7-12(19)9-14(15)21-17(23)13-10-20-16(22-18(13)24)11-5-3-2-4-6-11/h2-10H,1H3,(H,21,23)(H,20,22,24). The summed E-state index contributed by atoms with van der Waals surface area (Å²) < 4.78 is 5.17. The molecule has 3 rings (SSSR count). The van der Waals surface area contributed by atoms with Gasteiger partial charge in [-0.3, -0.25) is 9.59 Å². The van der Waals surface area contributed by atoms with Gasteiger partial charge in [-0.25, -0.2) is 4.98 Å². The van der Waals surface area contributed by atoms with E-state index in [1.54, 1.807) is 12.1 Å². The van der Waals surface area contributed by atoms with Crippen LogP contribution in [0.25, 0.3) is 11.4 Å². The fourth-order valence-corrected chi connectivity index (χ4v) is 2.44. The second-order valence-electron chi connectivity index (χ2n) is 5.14. The second kappa shape index (κ2) is 7.19. The minimum Gasteiger partial charge on any atom is -0.495 e. The number of aromatic nitrogens is 2. The molecule has 0 radical (unpaired) electrons. The molecule has 1 amide bonds. The number of hydrogen-bond acceptors (Lipinski definition) is 4. The Balaban J connectivity index is 1.89. The molecule has 2 N–H and O–H groups in total. The highest BCUT2D eigenvalue weighted by molar-refractivity contribution is 6.31. The van der Waals surface area contributed by atoms with Crippen LogP contribution in [-0.4, -0.2) is 23.0 Å². The number of aromatic amines is 1. The van der Waals surface area contributed by atoms with Gasteiger partial charge in [0.05, 0.1) is 12.8 Å². The first-order chi connectivity index (χ1) is 12.1. The van der Waals surface area contributed by atoms with Crippen molar-refractivity contribution in [3.8, 4) is 17.1 Å². The first-order valence-corrected chi connectivity index (χ1v) is 7.76. The average Bonchev–Trinajstić information content (AvgIpc) is 2.62. The smallest absolute Gasteiger partial charge is 0.264 e. The lowest BCUT2D eigenvalue weighted by Crippen LogP contribution is -2.24. The Labute approximate surface area is 148 Å². The molecule has 0 unspecified atom stereocenters. The molecule has 0 atom stereocenters. The first kappa shape index (κ1) is 16.7. The van der Waals surface area contributed by atoms with E-state index in [0.29, 0.717) is 22.3 Å². The van der Waals surface area contributed by atoms with Crippen LogP contribution >= 0.6 is 11.6 Å².